The third kappa shape index (κ3) is 7.12. The van der Waals surface area contributed by atoms with Crippen LogP contribution < -0.4 is 14.8 Å². The van der Waals surface area contributed by atoms with Gasteiger partial charge in [-0.2, -0.15) is 0 Å². The van der Waals surface area contributed by atoms with Crippen molar-refractivity contribution in [2.75, 3.05) is 36.8 Å². The van der Waals surface area contributed by atoms with Crippen LogP contribution in [0.2, 0.25) is 0 Å². The number of aliphatic hydroxyl groups excluding tert-OH is 1. The standard InChI is InChI=1S/C28H34N4O6S2/c1-19-16-32(20(2)18-33)26(34)15-21-14-23(30-40(36,37)27-10-7-13-39-27)11-12-24(21)38-25(19)17-31(3)28(35)29-22-8-5-4-6-9-22/h4-14,19-20,25,30,33H,15-18H2,1-3H3,(H,29,35)/t19-,20+,25-/m1/s1. The molecule has 3 amide bonds. The second-order valence-corrected chi connectivity index (χ2v) is 12.8. The summed E-state index contributed by atoms with van der Waals surface area (Å²) in [5.74, 6) is 0.0138. The Labute approximate surface area is 238 Å². The second-order valence-electron chi connectivity index (χ2n) is 9.92. The molecule has 0 fully saturated rings. The van der Waals surface area contributed by atoms with Crippen LogP contribution in [0.4, 0.5) is 16.2 Å². The summed E-state index contributed by atoms with van der Waals surface area (Å²) in [6, 6.07) is 16.4. The highest BCUT2D eigenvalue weighted by Gasteiger charge is 2.32. The number of nitrogens with one attached hydrogen (secondary N) is 2. The molecule has 0 spiro atoms. The first-order chi connectivity index (χ1) is 19.1. The van der Waals surface area contributed by atoms with Gasteiger partial charge in [0.1, 0.15) is 16.1 Å². The first kappa shape index (κ1) is 29.4. The van der Waals surface area contributed by atoms with Crippen LogP contribution in [-0.4, -0.2) is 74.2 Å². The van der Waals surface area contributed by atoms with E-state index in [0.29, 0.717) is 29.2 Å². The van der Waals surface area contributed by atoms with Gasteiger partial charge in [0, 0.05) is 36.4 Å². The van der Waals surface area contributed by atoms with Crippen molar-refractivity contribution in [3.63, 3.8) is 0 Å². The summed E-state index contributed by atoms with van der Waals surface area (Å²) in [6.45, 7) is 4.03. The molecule has 3 atom stereocenters. The number of rotatable bonds is 8. The molecule has 3 N–H and O–H groups in total. The van der Waals surface area contributed by atoms with Gasteiger partial charge in [-0.1, -0.05) is 31.2 Å². The predicted octanol–water partition coefficient (Wildman–Crippen LogP) is 3.86. The third-order valence-electron chi connectivity index (χ3n) is 6.75. The molecule has 0 saturated carbocycles. The molecule has 0 unspecified atom stereocenters. The number of aliphatic hydroxyl groups is 1. The van der Waals surface area contributed by atoms with Crippen LogP contribution in [0.1, 0.15) is 19.4 Å². The minimum absolute atomic E-state index is 0.0436. The molecule has 2 aromatic carbocycles. The summed E-state index contributed by atoms with van der Waals surface area (Å²) in [6.07, 6.45) is -0.545. The molecular formula is C28H34N4O6S2. The molecule has 12 heteroatoms. The van der Waals surface area contributed by atoms with Crippen molar-refractivity contribution in [1.29, 1.82) is 0 Å². The van der Waals surface area contributed by atoms with E-state index in [9.17, 15) is 23.1 Å². The number of hydrogen-bond acceptors (Lipinski definition) is 7. The van der Waals surface area contributed by atoms with Gasteiger partial charge in [0.15, 0.2) is 0 Å². The summed E-state index contributed by atoms with van der Waals surface area (Å²) in [4.78, 5) is 29.4. The van der Waals surface area contributed by atoms with Crippen molar-refractivity contribution < 1.29 is 27.9 Å². The van der Waals surface area contributed by atoms with Crippen LogP contribution in [0.5, 0.6) is 5.75 Å². The number of anilines is 2. The Kier molecular flexibility index (Phi) is 9.33. The SMILES string of the molecule is C[C@@H]1CN([C@@H](C)CO)C(=O)Cc2cc(NS(=O)(=O)c3cccs3)ccc2O[C@@H]1CN(C)C(=O)Nc1ccccc1. The van der Waals surface area contributed by atoms with Gasteiger partial charge in [0.2, 0.25) is 5.91 Å². The number of carbonyl (C=O) groups is 2. The fourth-order valence-electron chi connectivity index (χ4n) is 4.43. The van der Waals surface area contributed by atoms with Crippen molar-refractivity contribution in [3.05, 3.63) is 71.6 Å². The maximum absolute atomic E-state index is 13.4. The number of benzene rings is 2. The second kappa shape index (κ2) is 12.7. The average Bonchev–Trinajstić information content (AvgIpc) is 3.49. The predicted molar refractivity (Wildman–Crippen MR) is 155 cm³/mol. The van der Waals surface area contributed by atoms with E-state index >= 15 is 0 Å². The van der Waals surface area contributed by atoms with Gasteiger partial charge in [-0.25, -0.2) is 13.2 Å². The lowest BCUT2D eigenvalue weighted by atomic mass is 10.0. The van der Waals surface area contributed by atoms with E-state index in [0.717, 1.165) is 11.3 Å². The summed E-state index contributed by atoms with van der Waals surface area (Å²) in [5.41, 5.74) is 1.47. The van der Waals surface area contributed by atoms with E-state index < -0.39 is 22.2 Å². The fourth-order valence-corrected chi connectivity index (χ4v) is 6.47. The van der Waals surface area contributed by atoms with Crippen LogP contribution >= 0.6 is 11.3 Å². The zero-order chi connectivity index (χ0) is 28.9. The zero-order valence-corrected chi connectivity index (χ0v) is 24.2. The molecule has 1 aliphatic rings. The fraction of sp³-hybridized carbons (Fsp3) is 0.357. The molecule has 0 radical (unpaired) electrons. The number of thiophene rings is 1. The van der Waals surface area contributed by atoms with Gasteiger partial charge in [-0.05, 0) is 48.7 Å². The van der Waals surface area contributed by atoms with Gasteiger partial charge in [0.25, 0.3) is 10.0 Å². The quantitative estimate of drug-likeness (QED) is 0.368. The normalized spacial score (nSPS) is 18.4. The van der Waals surface area contributed by atoms with Gasteiger partial charge in [-0.3, -0.25) is 9.52 Å². The van der Waals surface area contributed by atoms with Gasteiger partial charge in [-0.15, -0.1) is 11.3 Å². The largest absolute Gasteiger partial charge is 0.488 e. The lowest BCUT2D eigenvalue weighted by Gasteiger charge is -2.34. The molecule has 40 heavy (non-hydrogen) atoms. The third-order valence-corrected chi connectivity index (χ3v) is 9.53. The molecular weight excluding hydrogens is 552 g/mol. The van der Waals surface area contributed by atoms with Crippen LogP contribution in [-0.2, 0) is 21.2 Å². The summed E-state index contributed by atoms with van der Waals surface area (Å²) in [5, 5.41) is 14.4. The maximum atomic E-state index is 13.4. The van der Waals surface area contributed by atoms with E-state index in [-0.39, 0.29) is 41.6 Å². The maximum Gasteiger partial charge on any atom is 0.321 e. The van der Waals surface area contributed by atoms with Crippen molar-refractivity contribution in [1.82, 2.24) is 9.80 Å². The topological polar surface area (TPSA) is 128 Å². The highest BCUT2D eigenvalue weighted by molar-refractivity contribution is 7.94. The molecule has 1 aromatic heterocycles. The number of fused-ring (bicyclic) bond motifs is 1. The number of sulfonamides is 1. The number of likely N-dealkylation sites (N-methyl/N-ethyl adjacent to an activating group) is 1. The first-order valence-corrected chi connectivity index (χ1v) is 15.3. The number of hydrogen-bond donors (Lipinski definition) is 3. The lowest BCUT2D eigenvalue weighted by molar-refractivity contribution is -0.134. The van der Waals surface area contributed by atoms with Crippen molar-refractivity contribution >= 4 is 44.7 Å². The molecule has 4 rings (SSSR count). The Morgan fingerprint density at radius 3 is 2.60 bits per heavy atom. The van der Waals surface area contributed by atoms with Crippen LogP contribution in [0.15, 0.2) is 70.3 Å². The number of urea groups is 1. The monoisotopic (exact) mass is 586 g/mol. The zero-order valence-electron chi connectivity index (χ0n) is 22.6. The van der Waals surface area contributed by atoms with Crippen LogP contribution in [0.3, 0.4) is 0 Å². The first-order valence-electron chi connectivity index (χ1n) is 12.9. The number of ether oxygens (including phenoxy) is 1. The Balaban J connectivity index is 1.61. The summed E-state index contributed by atoms with van der Waals surface area (Å²) in [7, 11) is -2.11. The number of carbonyl (C=O) groups excluding carboxylic acids is 2. The minimum atomic E-state index is -3.78. The average molecular weight is 587 g/mol. The molecule has 214 valence electrons. The van der Waals surface area contributed by atoms with Crippen LogP contribution in [0.25, 0.3) is 0 Å². The van der Waals surface area contributed by atoms with E-state index in [1.165, 1.54) is 11.0 Å². The number of amides is 3. The Morgan fingerprint density at radius 2 is 1.93 bits per heavy atom. The molecule has 10 nitrogen and oxygen atoms in total. The number of para-hydroxylation sites is 1. The minimum Gasteiger partial charge on any atom is -0.488 e. The van der Waals surface area contributed by atoms with Gasteiger partial charge >= 0.3 is 6.03 Å². The van der Waals surface area contributed by atoms with E-state index in [2.05, 4.69) is 10.0 Å². The number of nitrogens with zero attached hydrogens (tertiary/aromatic N) is 2. The van der Waals surface area contributed by atoms with Gasteiger partial charge < -0.3 is 25.0 Å². The molecule has 0 bridgehead atoms. The Morgan fingerprint density at radius 1 is 1.18 bits per heavy atom. The highest BCUT2D eigenvalue weighted by Crippen LogP contribution is 2.30. The van der Waals surface area contributed by atoms with E-state index in [4.69, 9.17) is 4.74 Å². The smallest absolute Gasteiger partial charge is 0.321 e. The van der Waals surface area contributed by atoms with Crippen molar-refractivity contribution in [2.24, 2.45) is 5.92 Å². The van der Waals surface area contributed by atoms with E-state index in [1.54, 1.807) is 60.6 Å². The van der Waals surface area contributed by atoms with Crippen LogP contribution in [0, 0.1) is 5.92 Å². The van der Waals surface area contributed by atoms with Crippen molar-refractivity contribution in [3.8, 4) is 5.75 Å². The Bertz CT molecular complexity index is 1420. The van der Waals surface area contributed by atoms with E-state index in [1.807, 2.05) is 25.1 Å². The summed E-state index contributed by atoms with van der Waals surface area (Å²) < 4.78 is 34.8. The van der Waals surface area contributed by atoms with Gasteiger partial charge in [0.05, 0.1) is 25.6 Å². The van der Waals surface area contributed by atoms with Crippen molar-refractivity contribution in [2.45, 2.75) is 36.6 Å². The molecule has 3 aromatic rings. The molecule has 1 aliphatic heterocycles. The lowest BCUT2D eigenvalue weighted by Crippen LogP contribution is -2.48. The Hall–Kier alpha value is -3.61. The summed E-state index contributed by atoms with van der Waals surface area (Å²) >= 11 is 1.10. The molecule has 0 aliphatic carbocycles. The molecule has 2 heterocycles. The molecule has 0 saturated heterocycles. The highest BCUT2D eigenvalue weighted by atomic mass is 32.2.